The van der Waals surface area contributed by atoms with Gasteiger partial charge < -0.3 is 5.73 Å². The zero-order valence-electron chi connectivity index (χ0n) is 8.09. The lowest BCUT2D eigenvalue weighted by atomic mass is 10.00. The fraction of sp³-hybridized carbons (Fsp3) is 0.200. The second-order valence-electron chi connectivity index (χ2n) is 2.96. The molecule has 1 atom stereocenters. The molecule has 0 unspecified atom stereocenters. The van der Waals surface area contributed by atoms with Crippen LogP contribution >= 0.6 is 12.4 Å². The highest BCUT2D eigenvalue weighted by Crippen LogP contribution is 2.35. The lowest BCUT2D eigenvalue weighted by molar-refractivity contribution is -0.138. The molecule has 0 saturated heterocycles. The summed E-state index contributed by atoms with van der Waals surface area (Å²) in [7, 11) is 0. The first kappa shape index (κ1) is 14.9. The van der Waals surface area contributed by atoms with Crippen LogP contribution in [-0.4, -0.2) is 0 Å². The zero-order chi connectivity index (χ0) is 11.6. The van der Waals surface area contributed by atoms with Gasteiger partial charge in [0.25, 0.3) is 0 Å². The lowest BCUT2D eigenvalue weighted by Crippen LogP contribution is -2.17. The topological polar surface area (TPSA) is 26.0 Å². The standard InChI is InChI=1S/C10H9F4N.ClH/c1-2-8(15)9-6(10(12,13)14)4-3-5-7(9)11;/h2-5,8H,1,15H2;1H/t8-;/m0./s1. The van der Waals surface area contributed by atoms with Gasteiger partial charge in [-0.1, -0.05) is 12.1 Å². The van der Waals surface area contributed by atoms with E-state index in [1.54, 1.807) is 0 Å². The molecule has 1 aromatic carbocycles. The molecule has 0 spiro atoms. The third-order valence-corrected chi connectivity index (χ3v) is 1.95. The number of hydrogen-bond donors (Lipinski definition) is 1. The summed E-state index contributed by atoms with van der Waals surface area (Å²) in [5.41, 5.74) is 3.70. The Morgan fingerprint density at radius 3 is 2.31 bits per heavy atom. The molecule has 0 saturated carbocycles. The van der Waals surface area contributed by atoms with E-state index in [9.17, 15) is 17.6 Å². The van der Waals surface area contributed by atoms with Gasteiger partial charge >= 0.3 is 6.18 Å². The summed E-state index contributed by atoms with van der Waals surface area (Å²) in [4.78, 5) is 0. The third kappa shape index (κ3) is 2.96. The minimum absolute atomic E-state index is 0. The van der Waals surface area contributed by atoms with E-state index in [4.69, 9.17) is 5.73 Å². The van der Waals surface area contributed by atoms with Crippen LogP contribution in [0.3, 0.4) is 0 Å². The molecule has 16 heavy (non-hydrogen) atoms. The Kier molecular flexibility index (Phi) is 4.96. The van der Waals surface area contributed by atoms with Crippen molar-refractivity contribution in [3.05, 3.63) is 47.8 Å². The van der Waals surface area contributed by atoms with Crippen molar-refractivity contribution in [2.45, 2.75) is 12.2 Å². The SMILES string of the molecule is C=C[C@H](N)c1c(F)cccc1C(F)(F)F.Cl. The maximum atomic E-state index is 13.2. The van der Waals surface area contributed by atoms with Crippen molar-refractivity contribution in [2.75, 3.05) is 0 Å². The fourth-order valence-corrected chi connectivity index (χ4v) is 1.24. The molecule has 1 rings (SSSR count). The van der Waals surface area contributed by atoms with Crippen LogP contribution in [0.1, 0.15) is 17.2 Å². The molecule has 0 fully saturated rings. The van der Waals surface area contributed by atoms with E-state index in [1.807, 2.05) is 0 Å². The van der Waals surface area contributed by atoms with Crippen LogP contribution < -0.4 is 5.73 Å². The second kappa shape index (κ2) is 5.32. The molecule has 0 amide bonds. The number of halogens is 5. The van der Waals surface area contributed by atoms with Crippen molar-refractivity contribution in [3.63, 3.8) is 0 Å². The summed E-state index contributed by atoms with van der Waals surface area (Å²) >= 11 is 0. The van der Waals surface area contributed by atoms with E-state index in [0.29, 0.717) is 0 Å². The lowest BCUT2D eigenvalue weighted by Gasteiger charge is -2.16. The van der Waals surface area contributed by atoms with Gasteiger partial charge in [-0.25, -0.2) is 4.39 Å². The van der Waals surface area contributed by atoms with Gasteiger partial charge in [0.2, 0.25) is 0 Å². The van der Waals surface area contributed by atoms with E-state index >= 15 is 0 Å². The van der Waals surface area contributed by atoms with Crippen LogP contribution in [-0.2, 0) is 6.18 Å². The van der Waals surface area contributed by atoms with Crippen LogP contribution in [0.25, 0.3) is 0 Å². The van der Waals surface area contributed by atoms with E-state index in [-0.39, 0.29) is 12.4 Å². The number of benzene rings is 1. The largest absolute Gasteiger partial charge is 0.416 e. The molecule has 0 aliphatic heterocycles. The summed E-state index contributed by atoms with van der Waals surface area (Å²) in [6.07, 6.45) is -3.55. The molecule has 1 aromatic rings. The van der Waals surface area contributed by atoms with E-state index in [0.717, 1.165) is 24.3 Å². The highest BCUT2D eigenvalue weighted by atomic mass is 35.5. The minimum atomic E-state index is -4.61. The van der Waals surface area contributed by atoms with Crippen LogP contribution in [0.5, 0.6) is 0 Å². The Balaban J connectivity index is 0.00000225. The number of hydrogen-bond acceptors (Lipinski definition) is 1. The van der Waals surface area contributed by atoms with E-state index in [2.05, 4.69) is 6.58 Å². The first-order valence-electron chi connectivity index (χ1n) is 4.11. The van der Waals surface area contributed by atoms with Gasteiger partial charge in [-0.2, -0.15) is 13.2 Å². The van der Waals surface area contributed by atoms with Crippen molar-refractivity contribution in [3.8, 4) is 0 Å². The second-order valence-corrected chi connectivity index (χ2v) is 2.96. The average molecular weight is 256 g/mol. The van der Waals surface area contributed by atoms with Gasteiger partial charge in [0, 0.05) is 5.56 Å². The molecular weight excluding hydrogens is 246 g/mol. The Labute approximate surface area is 96.4 Å². The first-order chi connectivity index (χ1) is 6.88. The summed E-state index contributed by atoms with van der Waals surface area (Å²) in [6.45, 7) is 3.24. The van der Waals surface area contributed by atoms with Crippen LogP contribution in [0.15, 0.2) is 30.9 Å². The number of nitrogens with two attached hydrogens (primary N) is 1. The third-order valence-electron chi connectivity index (χ3n) is 1.95. The molecule has 0 aromatic heterocycles. The van der Waals surface area contributed by atoms with Gasteiger partial charge in [0.1, 0.15) is 5.82 Å². The minimum Gasteiger partial charge on any atom is -0.321 e. The first-order valence-corrected chi connectivity index (χ1v) is 4.11. The molecule has 0 aliphatic carbocycles. The molecule has 0 bridgehead atoms. The normalized spacial score (nSPS) is 12.8. The number of rotatable bonds is 2. The average Bonchev–Trinajstić information content (AvgIpc) is 2.15. The predicted octanol–water partition coefficient (Wildman–Crippen LogP) is 3.45. The highest BCUT2D eigenvalue weighted by molar-refractivity contribution is 5.85. The fourth-order valence-electron chi connectivity index (χ4n) is 1.24. The van der Waals surface area contributed by atoms with Gasteiger partial charge in [0.15, 0.2) is 0 Å². The highest BCUT2D eigenvalue weighted by Gasteiger charge is 2.35. The molecule has 0 aliphatic rings. The monoisotopic (exact) mass is 255 g/mol. The zero-order valence-corrected chi connectivity index (χ0v) is 8.91. The van der Waals surface area contributed by atoms with Gasteiger partial charge in [-0.05, 0) is 12.1 Å². The summed E-state index contributed by atoms with van der Waals surface area (Å²) < 4.78 is 50.6. The molecular formula is C10H10ClF4N. The van der Waals surface area contributed by atoms with Crippen LogP contribution in [0, 0.1) is 5.82 Å². The Morgan fingerprint density at radius 1 is 1.31 bits per heavy atom. The van der Waals surface area contributed by atoms with E-state index < -0.39 is 29.2 Å². The number of alkyl halides is 3. The summed E-state index contributed by atoms with van der Waals surface area (Å²) in [6, 6.07) is 1.57. The molecule has 0 heterocycles. The predicted molar refractivity (Wildman–Crippen MR) is 55.8 cm³/mol. The van der Waals surface area contributed by atoms with Crippen molar-refractivity contribution in [2.24, 2.45) is 5.73 Å². The molecule has 2 N–H and O–H groups in total. The Hall–Kier alpha value is -1.07. The van der Waals surface area contributed by atoms with Gasteiger partial charge in [-0.3, -0.25) is 0 Å². The van der Waals surface area contributed by atoms with Crippen molar-refractivity contribution >= 4 is 12.4 Å². The Bertz CT molecular complexity index is 376. The maximum Gasteiger partial charge on any atom is 0.416 e. The van der Waals surface area contributed by atoms with Gasteiger partial charge in [-0.15, -0.1) is 19.0 Å². The van der Waals surface area contributed by atoms with Gasteiger partial charge in [0.05, 0.1) is 11.6 Å². The van der Waals surface area contributed by atoms with Crippen molar-refractivity contribution < 1.29 is 17.6 Å². The van der Waals surface area contributed by atoms with E-state index in [1.165, 1.54) is 0 Å². The van der Waals surface area contributed by atoms with Crippen LogP contribution in [0.2, 0.25) is 0 Å². The molecule has 0 radical (unpaired) electrons. The Morgan fingerprint density at radius 2 is 1.88 bits per heavy atom. The quantitative estimate of drug-likeness (QED) is 0.636. The molecule has 6 heteroatoms. The molecule has 90 valence electrons. The van der Waals surface area contributed by atoms with Crippen LogP contribution in [0.4, 0.5) is 17.6 Å². The van der Waals surface area contributed by atoms with Crippen molar-refractivity contribution in [1.82, 2.24) is 0 Å². The summed E-state index contributed by atoms with van der Waals surface area (Å²) in [5.74, 6) is -0.975. The van der Waals surface area contributed by atoms with Crippen molar-refractivity contribution in [1.29, 1.82) is 0 Å². The maximum absolute atomic E-state index is 13.2. The molecule has 1 nitrogen and oxygen atoms in total. The summed E-state index contributed by atoms with van der Waals surface area (Å²) in [5, 5.41) is 0. The smallest absolute Gasteiger partial charge is 0.321 e.